The van der Waals surface area contributed by atoms with Crippen LogP contribution in [0.5, 0.6) is 0 Å². The highest BCUT2D eigenvalue weighted by atomic mass is 79.9. The number of nitrogens with two attached hydrogens (primary N) is 1. The van der Waals surface area contributed by atoms with Gasteiger partial charge in [-0.05, 0) is 23.8 Å². The molecule has 13 heavy (non-hydrogen) atoms. The Morgan fingerprint density at radius 2 is 2.00 bits per heavy atom. The summed E-state index contributed by atoms with van der Waals surface area (Å²) >= 11 is 3.32. The fourth-order valence-corrected chi connectivity index (χ4v) is 1.53. The second kappa shape index (κ2) is 4.94. The van der Waals surface area contributed by atoms with Crippen LogP contribution in [0.3, 0.4) is 0 Å². The van der Waals surface area contributed by atoms with Gasteiger partial charge < -0.3 is 5.73 Å². The van der Waals surface area contributed by atoms with E-state index in [-0.39, 0.29) is 0 Å². The first-order valence-electron chi connectivity index (χ1n) is 3.88. The van der Waals surface area contributed by atoms with Crippen molar-refractivity contribution in [3.63, 3.8) is 0 Å². The van der Waals surface area contributed by atoms with Gasteiger partial charge in [-0.2, -0.15) is 0 Å². The molecule has 3 heteroatoms. The van der Waals surface area contributed by atoms with E-state index < -0.39 is 0 Å². The minimum absolute atomic E-state index is 0.503. The zero-order chi connectivity index (χ0) is 9.68. The van der Waals surface area contributed by atoms with Gasteiger partial charge in [-0.15, -0.1) is 0 Å². The Balaban J connectivity index is 3.01. The van der Waals surface area contributed by atoms with E-state index in [1.807, 2.05) is 24.3 Å². The molecule has 68 valence electrons. The van der Waals surface area contributed by atoms with Crippen LogP contribution >= 0.6 is 15.9 Å². The zero-order valence-electron chi connectivity index (χ0n) is 7.03. The maximum Gasteiger partial charge on any atom is 0.150 e. The highest BCUT2D eigenvalue weighted by Gasteiger charge is 1.95. The van der Waals surface area contributed by atoms with Gasteiger partial charge in [0.15, 0.2) is 0 Å². The number of halogens is 1. The quantitative estimate of drug-likeness (QED) is 0.823. The predicted molar refractivity (Wildman–Crippen MR) is 57.6 cm³/mol. The lowest BCUT2D eigenvalue weighted by atomic mass is 10.1. The fourth-order valence-electron chi connectivity index (χ4n) is 1.00. The van der Waals surface area contributed by atoms with Crippen molar-refractivity contribution in [1.29, 1.82) is 0 Å². The van der Waals surface area contributed by atoms with Crippen LogP contribution in [0.2, 0.25) is 0 Å². The average Bonchev–Trinajstić information content (AvgIpc) is 2.14. The van der Waals surface area contributed by atoms with Crippen LogP contribution in [0.25, 0.3) is 6.08 Å². The lowest BCUT2D eigenvalue weighted by molar-refractivity contribution is 0.112. The molecule has 2 nitrogen and oxygen atoms in total. The number of hydrogen-bond acceptors (Lipinski definition) is 2. The second-order valence-corrected chi connectivity index (χ2v) is 3.49. The van der Waals surface area contributed by atoms with Crippen molar-refractivity contribution in [1.82, 2.24) is 0 Å². The summed E-state index contributed by atoms with van der Waals surface area (Å²) in [6, 6.07) is 5.51. The van der Waals surface area contributed by atoms with Gasteiger partial charge >= 0.3 is 0 Å². The Hall–Kier alpha value is -0.930. The highest BCUT2D eigenvalue weighted by molar-refractivity contribution is 9.10. The van der Waals surface area contributed by atoms with Crippen LogP contribution in [0.15, 0.2) is 28.7 Å². The minimum atomic E-state index is 0.503. The zero-order valence-corrected chi connectivity index (χ0v) is 8.62. The van der Waals surface area contributed by atoms with Gasteiger partial charge in [0.05, 0.1) is 0 Å². The van der Waals surface area contributed by atoms with E-state index >= 15 is 0 Å². The molecule has 0 saturated carbocycles. The molecule has 0 aliphatic rings. The molecule has 0 fully saturated rings. The molecule has 0 atom stereocenters. The van der Waals surface area contributed by atoms with E-state index in [4.69, 9.17) is 5.73 Å². The van der Waals surface area contributed by atoms with Crippen molar-refractivity contribution in [3.8, 4) is 0 Å². The van der Waals surface area contributed by atoms with Gasteiger partial charge in [-0.25, -0.2) is 0 Å². The van der Waals surface area contributed by atoms with Crippen LogP contribution < -0.4 is 5.73 Å². The standard InChI is InChI=1S/C10H10BrNO/c11-10-5-8(2-1-3-12)4-9(6-10)7-13/h1-2,4-7H,3,12H2. The average molecular weight is 240 g/mol. The first-order chi connectivity index (χ1) is 6.26. The lowest BCUT2D eigenvalue weighted by Gasteiger charge is -1.97. The van der Waals surface area contributed by atoms with Crippen LogP contribution in [-0.4, -0.2) is 12.8 Å². The summed E-state index contributed by atoms with van der Waals surface area (Å²) in [7, 11) is 0. The van der Waals surface area contributed by atoms with Crippen LogP contribution in [0, 0.1) is 0 Å². The minimum Gasteiger partial charge on any atom is -0.327 e. The summed E-state index contributed by atoms with van der Waals surface area (Å²) in [6.45, 7) is 0.503. The van der Waals surface area contributed by atoms with Gasteiger partial charge in [0, 0.05) is 16.6 Å². The number of hydrogen-bond donors (Lipinski definition) is 1. The van der Waals surface area contributed by atoms with E-state index in [1.54, 1.807) is 6.07 Å². The summed E-state index contributed by atoms with van der Waals surface area (Å²) in [5.41, 5.74) is 6.95. The summed E-state index contributed by atoms with van der Waals surface area (Å²) in [6.07, 6.45) is 4.55. The molecular formula is C10H10BrNO. The first-order valence-corrected chi connectivity index (χ1v) is 4.68. The van der Waals surface area contributed by atoms with Gasteiger partial charge in [0.1, 0.15) is 6.29 Å². The summed E-state index contributed by atoms with van der Waals surface area (Å²) in [5.74, 6) is 0. The summed E-state index contributed by atoms with van der Waals surface area (Å²) in [5, 5.41) is 0. The molecule has 0 aromatic heterocycles. The Morgan fingerprint density at radius 1 is 1.31 bits per heavy atom. The molecule has 2 N–H and O–H groups in total. The van der Waals surface area contributed by atoms with Gasteiger partial charge in [0.2, 0.25) is 0 Å². The topological polar surface area (TPSA) is 43.1 Å². The van der Waals surface area contributed by atoms with E-state index in [9.17, 15) is 4.79 Å². The number of carbonyl (C=O) groups is 1. The number of benzene rings is 1. The lowest BCUT2D eigenvalue weighted by Crippen LogP contribution is -1.92. The number of rotatable bonds is 3. The maximum absolute atomic E-state index is 10.5. The smallest absolute Gasteiger partial charge is 0.150 e. The van der Waals surface area contributed by atoms with Crippen LogP contribution in [-0.2, 0) is 0 Å². The van der Waals surface area contributed by atoms with E-state index in [0.29, 0.717) is 12.1 Å². The van der Waals surface area contributed by atoms with Crippen molar-refractivity contribution in [3.05, 3.63) is 39.9 Å². The van der Waals surface area contributed by atoms with Crippen molar-refractivity contribution in [2.45, 2.75) is 0 Å². The molecule has 0 amide bonds. The SMILES string of the molecule is NCC=Cc1cc(Br)cc(C=O)c1. The molecule has 0 spiro atoms. The molecule has 0 aliphatic heterocycles. The van der Waals surface area contributed by atoms with Gasteiger partial charge in [0.25, 0.3) is 0 Å². The van der Waals surface area contributed by atoms with Crippen molar-refractivity contribution >= 4 is 28.3 Å². The molecule has 0 unspecified atom stereocenters. The Morgan fingerprint density at radius 3 is 2.62 bits per heavy atom. The molecular weight excluding hydrogens is 230 g/mol. The Bertz CT molecular complexity index is 334. The molecule has 1 aromatic carbocycles. The van der Waals surface area contributed by atoms with Crippen molar-refractivity contribution in [2.75, 3.05) is 6.54 Å². The highest BCUT2D eigenvalue weighted by Crippen LogP contribution is 2.15. The maximum atomic E-state index is 10.5. The van der Waals surface area contributed by atoms with Crippen LogP contribution in [0.4, 0.5) is 0 Å². The van der Waals surface area contributed by atoms with Gasteiger partial charge in [-0.3, -0.25) is 4.79 Å². The normalized spacial score (nSPS) is 10.6. The molecule has 1 aromatic rings. The van der Waals surface area contributed by atoms with E-state index in [1.165, 1.54) is 0 Å². The largest absolute Gasteiger partial charge is 0.327 e. The predicted octanol–water partition coefficient (Wildman–Crippen LogP) is 2.23. The first kappa shape index (κ1) is 10.2. The Kier molecular flexibility index (Phi) is 3.86. The third-order valence-corrected chi connectivity index (χ3v) is 1.98. The molecule has 0 saturated heterocycles. The number of carbonyl (C=O) groups excluding carboxylic acids is 1. The molecule has 0 aliphatic carbocycles. The number of aldehydes is 1. The Labute approximate surface area is 85.6 Å². The molecule has 0 radical (unpaired) electrons. The fraction of sp³-hybridized carbons (Fsp3) is 0.100. The molecule has 0 bridgehead atoms. The summed E-state index contributed by atoms with van der Waals surface area (Å²) < 4.78 is 0.897. The summed E-state index contributed by atoms with van der Waals surface area (Å²) in [4.78, 5) is 10.5. The van der Waals surface area contributed by atoms with E-state index in [2.05, 4.69) is 15.9 Å². The monoisotopic (exact) mass is 239 g/mol. The molecule has 1 rings (SSSR count). The van der Waals surface area contributed by atoms with Gasteiger partial charge in [-0.1, -0.05) is 28.1 Å². The van der Waals surface area contributed by atoms with Crippen molar-refractivity contribution < 1.29 is 4.79 Å². The molecule has 0 heterocycles. The second-order valence-electron chi connectivity index (χ2n) is 2.57. The van der Waals surface area contributed by atoms with E-state index in [0.717, 1.165) is 16.3 Å². The van der Waals surface area contributed by atoms with Crippen molar-refractivity contribution in [2.24, 2.45) is 5.73 Å². The van der Waals surface area contributed by atoms with Crippen LogP contribution in [0.1, 0.15) is 15.9 Å². The third-order valence-electron chi connectivity index (χ3n) is 1.52. The third kappa shape index (κ3) is 3.13.